The number of carbonyl (C=O) groups excluding carboxylic acids is 4. The number of aliphatic hydroxyl groups is 1. The molecule has 0 aliphatic rings. The quantitative estimate of drug-likeness (QED) is 0.0222. The van der Waals surface area contributed by atoms with Gasteiger partial charge in [-0.05, 0) is 31.6 Å². The molecule has 0 heterocycles. The highest BCUT2D eigenvalue weighted by Gasteiger charge is 2.30. The largest absolute Gasteiger partial charge is 0.472 e. The summed E-state index contributed by atoms with van der Waals surface area (Å²) in [5.41, 5.74) is 0. The van der Waals surface area contributed by atoms with Crippen molar-refractivity contribution in [2.24, 2.45) is 5.92 Å². The van der Waals surface area contributed by atoms with Crippen LogP contribution in [0.25, 0.3) is 0 Å². The van der Waals surface area contributed by atoms with Crippen LogP contribution >= 0.6 is 15.6 Å². The molecule has 0 aliphatic carbocycles. The Balaban J connectivity index is 5.16. The maximum Gasteiger partial charge on any atom is 0.472 e. The van der Waals surface area contributed by atoms with Crippen molar-refractivity contribution in [3.05, 3.63) is 0 Å². The van der Waals surface area contributed by atoms with Gasteiger partial charge >= 0.3 is 39.5 Å². The first-order valence-electron chi connectivity index (χ1n) is 42.1. The monoisotopic (exact) mass is 1470 g/mol. The lowest BCUT2D eigenvalue weighted by Crippen LogP contribution is -2.30. The van der Waals surface area contributed by atoms with Crippen molar-refractivity contribution >= 4 is 39.5 Å². The zero-order valence-corrected chi connectivity index (χ0v) is 67.1. The zero-order valence-electron chi connectivity index (χ0n) is 65.3. The van der Waals surface area contributed by atoms with E-state index in [-0.39, 0.29) is 25.7 Å². The fourth-order valence-electron chi connectivity index (χ4n) is 12.6. The first kappa shape index (κ1) is 98.1. The lowest BCUT2D eigenvalue weighted by Gasteiger charge is -2.21. The Morgan fingerprint density at radius 1 is 0.270 bits per heavy atom. The summed E-state index contributed by atoms with van der Waals surface area (Å²) in [7, 11) is -9.91. The summed E-state index contributed by atoms with van der Waals surface area (Å²) in [5.74, 6) is -1.36. The number of carbonyl (C=O) groups is 4. The van der Waals surface area contributed by atoms with E-state index in [1.807, 2.05) is 0 Å². The standard InChI is InChI=1S/C81H158O17P2/c1-6-9-12-15-18-20-22-24-26-28-30-31-33-35-37-39-41-46-51-56-61-66-80(85)98-77(71-92-79(84)65-60-55-50-45-40-38-36-34-32-29-27-25-23-21-19-16-13-10-7-2)73-96-100(89,90)94-69-75(82)68-93-99(87,88)95-72-76(70-91-78(83)64-59-54-48-17-14-11-8-3)97-81(86)67-62-57-52-47-43-42-44-49-53-58-63-74(4)5/h74-77,82H,6-73H2,1-5H3,(H,87,88)(H,89,90)/t75-,76+,77+/m0/s1. The molecule has 0 bridgehead atoms. The van der Waals surface area contributed by atoms with Crippen LogP contribution in [0.5, 0.6) is 0 Å². The molecule has 0 saturated carbocycles. The highest BCUT2D eigenvalue weighted by Crippen LogP contribution is 2.45. The molecular weight excluding hydrogens is 1310 g/mol. The smallest absolute Gasteiger partial charge is 0.462 e. The van der Waals surface area contributed by atoms with E-state index in [0.717, 1.165) is 109 Å². The van der Waals surface area contributed by atoms with Gasteiger partial charge < -0.3 is 33.8 Å². The van der Waals surface area contributed by atoms with E-state index < -0.39 is 97.5 Å². The van der Waals surface area contributed by atoms with Gasteiger partial charge in [-0.3, -0.25) is 37.3 Å². The molecule has 0 amide bonds. The minimum atomic E-state index is -4.96. The maximum atomic E-state index is 13.1. The van der Waals surface area contributed by atoms with Crippen LogP contribution in [0.15, 0.2) is 0 Å². The van der Waals surface area contributed by atoms with E-state index in [1.165, 1.54) is 244 Å². The first-order chi connectivity index (χ1) is 48.5. The van der Waals surface area contributed by atoms with E-state index in [9.17, 15) is 43.2 Å². The van der Waals surface area contributed by atoms with Crippen LogP contribution in [-0.2, 0) is 65.4 Å². The Hall–Kier alpha value is -1.94. The third-order valence-electron chi connectivity index (χ3n) is 19.0. The highest BCUT2D eigenvalue weighted by atomic mass is 31.2. The van der Waals surface area contributed by atoms with Crippen LogP contribution in [0, 0.1) is 5.92 Å². The third-order valence-corrected chi connectivity index (χ3v) is 20.9. The van der Waals surface area contributed by atoms with Gasteiger partial charge in [0, 0.05) is 25.7 Å². The van der Waals surface area contributed by atoms with E-state index in [2.05, 4.69) is 34.6 Å². The summed E-state index contributed by atoms with van der Waals surface area (Å²) in [4.78, 5) is 72.8. The molecule has 17 nitrogen and oxygen atoms in total. The number of hydrogen-bond acceptors (Lipinski definition) is 15. The van der Waals surface area contributed by atoms with Crippen molar-refractivity contribution in [2.75, 3.05) is 39.6 Å². The topological polar surface area (TPSA) is 237 Å². The minimum absolute atomic E-state index is 0.106. The van der Waals surface area contributed by atoms with E-state index in [1.54, 1.807) is 0 Å². The summed E-state index contributed by atoms with van der Waals surface area (Å²) >= 11 is 0. The fraction of sp³-hybridized carbons (Fsp3) is 0.951. The summed E-state index contributed by atoms with van der Waals surface area (Å²) < 4.78 is 68.6. The van der Waals surface area contributed by atoms with Crippen LogP contribution in [0.1, 0.15) is 433 Å². The Kier molecular flexibility index (Phi) is 72.5. The minimum Gasteiger partial charge on any atom is -0.462 e. The second kappa shape index (κ2) is 73.9. The van der Waals surface area contributed by atoms with Crippen molar-refractivity contribution in [1.29, 1.82) is 0 Å². The van der Waals surface area contributed by atoms with Crippen molar-refractivity contribution < 1.29 is 80.2 Å². The average molecular weight is 1470 g/mol. The lowest BCUT2D eigenvalue weighted by atomic mass is 10.0. The number of phosphoric ester groups is 2. The van der Waals surface area contributed by atoms with E-state index >= 15 is 0 Å². The lowest BCUT2D eigenvalue weighted by molar-refractivity contribution is -0.161. The van der Waals surface area contributed by atoms with Gasteiger partial charge in [0.15, 0.2) is 12.2 Å². The highest BCUT2D eigenvalue weighted by molar-refractivity contribution is 7.47. The molecule has 0 saturated heterocycles. The Labute approximate surface area is 613 Å². The number of ether oxygens (including phenoxy) is 4. The van der Waals surface area contributed by atoms with Crippen LogP contribution in [0.2, 0.25) is 0 Å². The van der Waals surface area contributed by atoms with Crippen molar-refractivity contribution in [2.45, 2.75) is 451 Å². The summed E-state index contributed by atoms with van der Waals surface area (Å²) in [6.07, 6.45) is 65.6. The molecule has 100 heavy (non-hydrogen) atoms. The molecule has 594 valence electrons. The second-order valence-electron chi connectivity index (χ2n) is 29.6. The third kappa shape index (κ3) is 74.3. The van der Waals surface area contributed by atoms with Gasteiger partial charge in [-0.2, -0.15) is 0 Å². The van der Waals surface area contributed by atoms with E-state index in [0.29, 0.717) is 25.7 Å². The second-order valence-corrected chi connectivity index (χ2v) is 32.5. The molecule has 19 heteroatoms. The predicted octanol–water partition coefficient (Wildman–Crippen LogP) is 24.4. The summed E-state index contributed by atoms with van der Waals surface area (Å²) in [6, 6.07) is 0. The van der Waals surface area contributed by atoms with Gasteiger partial charge in [0.25, 0.3) is 0 Å². The molecule has 0 fully saturated rings. The molecule has 0 spiro atoms. The number of phosphoric acid groups is 2. The molecule has 3 N–H and O–H groups in total. The Morgan fingerprint density at radius 2 is 0.460 bits per heavy atom. The summed E-state index contributed by atoms with van der Waals surface area (Å²) in [5, 5.41) is 10.6. The predicted molar refractivity (Wildman–Crippen MR) is 409 cm³/mol. The molecule has 0 aromatic heterocycles. The van der Waals surface area contributed by atoms with Gasteiger partial charge in [0.2, 0.25) is 0 Å². The average Bonchev–Trinajstić information content (AvgIpc) is 0.918. The normalized spacial score (nSPS) is 13.8. The van der Waals surface area contributed by atoms with Gasteiger partial charge in [-0.25, -0.2) is 9.13 Å². The van der Waals surface area contributed by atoms with Gasteiger partial charge in [-0.15, -0.1) is 0 Å². The number of esters is 4. The Bertz CT molecular complexity index is 1910. The molecule has 0 aliphatic heterocycles. The van der Waals surface area contributed by atoms with E-state index in [4.69, 9.17) is 37.0 Å². The van der Waals surface area contributed by atoms with Gasteiger partial charge in [-0.1, -0.05) is 381 Å². The molecule has 0 rings (SSSR count). The number of hydrogen-bond donors (Lipinski definition) is 3. The fourth-order valence-corrected chi connectivity index (χ4v) is 14.2. The van der Waals surface area contributed by atoms with Gasteiger partial charge in [0.05, 0.1) is 26.4 Å². The van der Waals surface area contributed by atoms with Crippen LogP contribution < -0.4 is 0 Å². The number of unbranched alkanes of at least 4 members (excludes halogenated alkanes) is 53. The molecular formula is C81H158O17P2. The van der Waals surface area contributed by atoms with Gasteiger partial charge in [0.1, 0.15) is 19.3 Å². The van der Waals surface area contributed by atoms with Crippen molar-refractivity contribution in [3.8, 4) is 0 Å². The molecule has 0 aromatic rings. The number of rotatable bonds is 81. The van der Waals surface area contributed by atoms with Crippen LogP contribution in [0.4, 0.5) is 0 Å². The Morgan fingerprint density at radius 3 is 0.680 bits per heavy atom. The van der Waals surface area contributed by atoms with Crippen molar-refractivity contribution in [1.82, 2.24) is 0 Å². The SMILES string of the molecule is CCCCCCCCCCCCCCCCCCCCCCCC(=O)O[C@H](COC(=O)CCCCCCCCCCCCCCCCCCCCC)COP(=O)(O)OC[C@@H](O)COP(=O)(O)OC[C@@H](COC(=O)CCCCCCCCC)OC(=O)CCCCCCCCCCCCC(C)C. The summed E-state index contributed by atoms with van der Waals surface area (Å²) in [6.45, 7) is 7.27. The molecule has 5 atom stereocenters. The van der Waals surface area contributed by atoms with Crippen LogP contribution in [-0.4, -0.2) is 96.7 Å². The molecule has 0 aromatic carbocycles. The first-order valence-corrected chi connectivity index (χ1v) is 45.1. The number of aliphatic hydroxyl groups excluding tert-OH is 1. The molecule has 0 radical (unpaired) electrons. The zero-order chi connectivity index (χ0) is 73.4. The molecule has 2 unspecified atom stereocenters. The van der Waals surface area contributed by atoms with Crippen LogP contribution in [0.3, 0.4) is 0 Å². The maximum absolute atomic E-state index is 13.1. The van der Waals surface area contributed by atoms with Crippen molar-refractivity contribution in [3.63, 3.8) is 0 Å².